The van der Waals surface area contributed by atoms with Crippen molar-refractivity contribution < 1.29 is 9.72 Å². The third kappa shape index (κ3) is 4.43. The lowest BCUT2D eigenvalue weighted by atomic mass is 9.89. The van der Waals surface area contributed by atoms with E-state index in [1.54, 1.807) is 23.3 Å². The summed E-state index contributed by atoms with van der Waals surface area (Å²) in [5.74, 6) is 0.185. The number of carbonyl (C=O) groups excluding carboxylic acids is 1. The number of hydrogen-bond donors (Lipinski definition) is 1. The van der Waals surface area contributed by atoms with E-state index in [0.29, 0.717) is 30.1 Å². The number of nitro groups is 1. The smallest absolute Gasteiger partial charge is 0.283 e. The molecule has 1 fully saturated rings. The Morgan fingerprint density at radius 1 is 1.26 bits per heavy atom. The van der Waals surface area contributed by atoms with Gasteiger partial charge in [-0.25, -0.2) is 0 Å². The predicted molar refractivity (Wildman–Crippen MR) is 110 cm³/mol. The summed E-state index contributed by atoms with van der Waals surface area (Å²) in [4.78, 5) is 26.0. The molecule has 1 saturated heterocycles. The van der Waals surface area contributed by atoms with Crippen molar-refractivity contribution in [3.8, 4) is 0 Å². The average molecular weight is 408 g/mol. The van der Waals surface area contributed by atoms with E-state index in [-0.39, 0.29) is 35.8 Å². The zero-order valence-electron chi connectivity index (χ0n) is 14.9. The molecule has 27 heavy (non-hydrogen) atoms. The Morgan fingerprint density at radius 3 is 2.56 bits per heavy atom. The largest absolute Gasteiger partial charge is 0.338 e. The molecule has 0 bridgehead atoms. The third-order valence-electron chi connectivity index (χ3n) is 4.88. The van der Waals surface area contributed by atoms with Gasteiger partial charge in [0.25, 0.3) is 11.6 Å². The Bertz CT molecular complexity index is 819. The Balaban J connectivity index is 0.00000261. The number of carbonyl (C=O) groups is 1. The van der Waals surface area contributed by atoms with E-state index in [2.05, 4.69) is 12.1 Å². The van der Waals surface area contributed by atoms with Crippen molar-refractivity contribution >= 4 is 35.8 Å². The standard InChI is InChI=1S/C19H21N3O3S.ClH/c1-26-18-8-7-14(9-17(18)22(24)25)19(23)21-11-15(10-20)16(12-21)13-5-3-2-4-6-13;/h2-9,15-16H,10-12,20H2,1H3;1H/t15-,16+;/m1./s1. The molecule has 1 heterocycles. The van der Waals surface area contributed by atoms with Crippen molar-refractivity contribution in [2.45, 2.75) is 10.8 Å². The molecule has 1 aliphatic rings. The second-order valence-electron chi connectivity index (χ2n) is 6.37. The maximum absolute atomic E-state index is 12.9. The van der Waals surface area contributed by atoms with Gasteiger partial charge in [0.1, 0.15) is 0 Å². The summed E-state index contributed by atoms with van der Waals surface area (Å²) in [6.07, 6.45) is 1.78. The van der Waals surface area contributed by atoms with E-state index >= 15 is 0 Å². The number of nitrogens with two attached hydrogens (primary N) is 1. The molecule has 3 rings (SSSR count). The number of rotatable bonds is 5. The van der Waals surface area contributed by atoms with E-state index in [1.165, 1.54) is 23.4 Å². The van der Waals surface area contributed by atoms with E-state index in [0.717, 1.165) is 0 Å². The van der Waals surface area contributed by atoms with Crippen molar-refractivity contribution in [3.63, 3.8) is 0 Å². The summed E-state index contributed by atoms with van der Waals surface area (Å²) < 4.78 is 0. The number of likely N-dealkylation sites (tertiary alicyclic amines) is 1. The van der Waals surface area contributed by atoms with Gasteiger partial charge in [-0.1, -0.05) is 30.3 Å². The monoisotopic (exact) mass is 407 g/mol. The van der Waals surface area contributed by atoms with Gasteiger partial charge in [-0.2, -0.15) is 0 Å². The van der Waals surface area contributed by atoms with Crippen molar-refractivity contribution in [2.24, 2.45) is 11.7 Å². The highest BCUT2D eigenvalue weighted by molar-refractivity contribution is 7.98. The molecule has 2 atom stereocenters. The van der Waals surface area contributed by atoms with Crippen LogP contribution in [0.1, 0.15) is 21.8 Å². The van der Waals surface area contributed by atoms with Gasteiger partial charge in [0.15, 0.2) is 0 Å². The van der Waals surface area contributed by atoms with E-state index in [4.69, 9.17) is 5.73 Å². The van der Waals surface area contributed by atoms with Crippen molar-refractivity contribution in [1.82, 2.24) is 4.90 Å². The summed E-state index contributed by atoms with van der Waals surface area (Å²) in [6, 6.07) is 14.7. The highest BCUT2D eigenvalue weighted by atomic mass is 35.5. The molecule has 8 heteroatoms. The Kier molecular flexibility index (Phi) is 7.24. The number of halogens is 1. The molecule has 1 aliphatic heterocycles. The number of nitro benzene ring substituents is 1. The minimum atomic E-state index is -0.442. The normalized spacial score (nSPS) is 18.8. The summed E-state index contributed by atoms with van der Waals surface area (Å²) >= 11 is 1.30. The predicted octanol–water partition coefficient (Wildman–Crippen LogP) is 3.55. The van der Waals surface area contributed by atoms with E-state index in [9.17, 15) is 14.9 Å². The van der Waals surface area contributed by atoms with Crippen LogP contribution in [-0.2, 0) is 0 Å². The van der Waals surface area contributed by atoms with Crippen molar-refractivity contribution in [3.05, 3.63) is 69.8 Å². The lowest BCUT2D eigenvalue weighted by Crippen LogP contribution is -2.29. The van der Waals surface area contributed by atoms with Crippen LogP contribution in [0.25, 0.3) is 0 Å². The van der Waals surface area contributed by atoms with Crippen LogP contribution in [0.4, 0.5) is 5.69 Å². The second kappa shape index (κ2) is 9.21. The number of benzene rings is 2. The zero-order chi connectivity index (χ0) is 18.7. The molecular weight excluding hydrogens is 386 g/mol. The van der Waals surface area contributed by atoms with Crippen LogP contribution in [0.3, 0.4) is 0 Å². The maximum atomic E-state index is 12.9. The first-order valence-corrected chi connectivity index (χ1v) is 9.64. The quantitative estimate of drug-likeness (QED) is 0.465. The Labute approximate surface area is 168 Å². The fraction of sp³-hybridized carbons (Fsp3) is 0.316. The molecule has 0 saturated carbocycles. The molecule has 1 amide bonds. The first-order valence-electron chi connectivity index (χ1n) is 8.42. The molecule has 144 valence electrons. The van der Waals surface area contributed by atoms with Crippen LogP contribution in [0.15, 0.2) is 53.4 Å². The molecule has 0 spiro atoms. The van der Waals surface area contributed by atoms with Crippen LogP contribution >= 0.6 is 24.2 Å². The van der Waals surface area contributed by atoms with Crippen molar-refractivity contribution in [2.75, 3.05) is 25.9 Å². The molecule has 0 unspecified atom stereocenters. The van der Waals surface area contributed by atoms with Crippen LogP contribution in [-0.4, -0.2) is 41.6 Å². The molecule has 0 aromatic heterocycles. The van der Waals surface area contributed by atoms with E-state index < -0.39 is 4.92 Å². The molecule has 2 N–H and O–H groups in total. The summed E-state index contributed by atoms with van der Waals surface area (Å²) in [6.45, 7) is 1.63. The first kappa shape index (κ1) is 21.2. The first-order chi connectivity index (χ1) is 12.5. The lowest BCUT2D eigenvalue weighted by molar-refractivity contribution is -0.387. The molecule has 0 radical (unpaired) electrons. The van der Waals surface area contributed by atoms with Crippen LogP contribution in [0, 0.1) is 16.0 Å². The van der Waals surface area contributed by atoms with Gasteiger partial charge >= 0.3 is 0 Å². The highest BCUT2D eigenvalue weighted by Gasteiger charge is 2.36. The van der Waals surface area contributed by atoms with Crippen LogP contribution in [0.2, 0.25) is 0 Å². The summed E-state index contributed by atoms with van der Waals surface area (Å²) in [5, 5.41) is 11.3. The Hall–Kier alpha value is -2.09. The molecular formula is C19H22ClN3O3S. The zero-order valence-corrected chi connectivity index (χ0v) is 16.5. The number of thioether (sulfide) groups is 1. The van der Waals surface area contributed by atoms with Crippen molar-refractivity contribution in [1.29, 1.82) is 0 Å². The second-order valence-corrected chi connectivity index (χ2v) is 7.21. The average Bonchev–Trinajstić information content (AvgIpc) is 3.12. The molecule has 2 aromatic carbocycles. The van der Waals surface area contributed by atoms with E-state index in [1.807, 2.05) is 18.2 Å². The van der Waals surface area contributed by atoms with Gasteiger partial charge in [0, 0.05) is 30.6 Å². The van der Waals surface area contributed by atoms with Gasteiger partial charge in [-0.05, 0) is 36.4 Å². The molecule has 2 aromatic rings. The minimum Gasteiger partial charge on any atom is -0.338 e. The van der Waals surface area contributed by atoms with Gasteiger partial charge in [-0.3, -0.25) is 14.9 Å². The minimum absolute atomic E-state index is 0. The fourth-order valence-electron chi connectivity index (χ4n) is 3.50. The molecule has 0 aliphatic carbocycles. The van der Waals surface area contributed by atoms with Gasteiger partial charge in [-0.15, -0.1) is 24.2 Å². The number of hydrogen-bond acceptors (Lipinski definition) is 5. The fourth-order valence-corrected chi connectivity index (χ4v) is 4.05. The Morgan fingerprint density at radius 2 is 1.96 bits per heavy atom. The van der Waals surface area contributed by atoms with Gasteiger partial charge in [0.2, 0.25) is 0 Å². The number of nitrogens with zero attached hydrogens (tertiary/aromatic N) is 2. The maximum Gasteiger partial charge on any atom is 0.283 e. The third-order valence-corrected chi connectivity index (χ3v) is 5.67. The van der Waals surface area contributed by atoms with Crippen LogP contribution in [0.5, 0.6) is 0 Å². The highest BCUT2D eigenvalue weighted by Crippen LogP contribution is 2.34. The van der Waals surface area contributed by atoms with Crippen LogP contribution < -0.4 is 5.73 Å². The number of amides is 1. The lowest BCUT2D eigenvalue weighted by Gasteiger charge is -2.17. The van der Waals surface area contributed by atoms with Gasteiger partial charge < -0.3 is 10.6 Å². The van der Waals surface area contributed by atoms with Gasteiger partial charge in [0.05, 0.1) is 9.82 Å². The summed E-state index contributed by atoms with van der Waals surface area (Å²) in [5.41, 5.74) is 7.42. The summed E-state index contributed by atoms with van der Waals surface area (Å²) in [7, 11) is 0. The topological polar surface area (TPSA) is 89.5 Å². The SMILES string of the molecule is CSc1ccc(C(=O)N2C[C@@H](CN)[C@H](c3ccccc3)C2)cc1[N+](=O)[O-].Cl. The molecule has 6 nitrogen and oxygen atoms in total.